The summed E-state index contributed by atoms with van der Waals surface area (Å²) in [5.74, 6) is 2.18. The summed E-state index contributed by atoms with van der Waals surface area (Å²) in [6, 6.07) is 4.13. The number of hydrogen-bond acceptors (Lipinski definition) is 3. The van der Waals surface area contributed by atoms with Gasteiger partial charge in [0.25, 0.3) is 0 Å². The van der Waals surface area contributed by atoms with Gasteiger partial charge >= 0.3 is 0 Å². The minimum atomic E-state index is 0.395. The Morgan fingerprint density at radius 3 is 2.46 bits per heavy atom. The van der Waals surface area contributed by atoms with E-state index < -0.39 is 0 Å². The zero-order valence-electron chi connectivity index (χ0n) is 17.1. The van der Waals surface area contributed by atoms with Crippen molar-refractivity contribution < 1.29 is 4.79 Å². The highest BCUT2D eigenvalue weighted by Crippen LogP contribution is 2.40. The van der Waals surface area contributed by atoms with Crippen molar-refractivity contribution in [3.05, 3.63) is 41.9 Å². The minimum absolute atomic E-state index is 0.395. The summed E-state index contributed by atoms with van der Waals surface area (Å²) in [5, 5.41) is 0. The van der Waals surface area contributed by atoms with Gasteiger partial charge in [0.2, 0.25) is 0 Å². The summed E-state index contributed by atoms with van der Waals surface area (Å²) >= 11 is 0. The molecule has 1 aromatic rings. The molecule has 3 nitrogen and oxygen atoms in total. The number of rotatable bonds is 7. The lowest BCUT2D eigenvalue weighted by Crippen LogP contribution is -2.26. The van der Waals surface area contributed by atoms with E-state index in [-0.39, 0.29) is 0 Å². The summed E-state index contributed by atoms with van der Waals surface area (Å²) in [6.45, 7) is 0. The second-order valence-corrected chi connectivity index (χ2v) is 9.08. The van der Waals surface area contributed by atoms with Gasteiger partial charge in [0.15, 0.2) is 0 Å². The maximum absolute atomic E-state index is 12.6. The third-order valence-corrected chi connectivity index (χ3v) is 7.08. The van der Waals surface area contributed by atoms with E-state index in [2.05, 4.69) is 17.3 Å². The third kappa shape index (κ3) is 4.79. The van der Waals surface area contributed by atoms with E-state index in [1.165, 1.54) is 75.5 Å². The number of hydrogen-bond donors (Lipinski definition) is 0. The van der Waals surface area contributed by atoms with Gasteiger partial charge in [0, 0.05) is 42.9 Å². The largest absolute Gasteiger partial charge is 0.300 e. The minimum Gasteiger partial charge on any atom is -0.300 e. The van der Waals surface area contributed by atoms with Gasteiger partial charge in [0.1, 0.15) is 5.78 Å². The molecule has 1 aromatic heterocycles. The zero-order valence-corrected chi connectivity index (χ0v) is 17.1. The van der Waals surface area contributed by atoms with Gasteiger partial charge in [0.05, 0.1) is 5.71 Å². The molecule has 1 atom stereocenters. The third-order valence-electron chi connectivity index (χ3n) is 7.08. The first-order valence-corrected chi connectivity index (χ1v) is 11.5. The molecule has 3 aliphatic rings. The molecular formula is C25H34N2O. The molecule has 2 fully saturated rings. The van der Waals surface area contributed by atoms with Gasteiger partial charge in [-0.2, -0.15) is 0 Å². The first-order chi connectivity index (χ1) is 13.8. The van der Waals surface area contributed by atoms with Crippen LogP contribution in [0.1, 0.15) is 89.0 Å². The van der Waals surface area contributed by atoms with Crippen molar-refractivity contribution in [2.45, 2.75) is 83.5 Å². The number of pyridine rings is 1. The number of carbonyl (C=O) groups is 1. The Morgan fingerprint density at radius 1 is 1.00 bits per heavy atom. The van der Waals surface area contributed by atoms with Gasteiger partial charge < -0.3 is 0 Å². The Kier molecular flexibility index (Phi) is 6.72. The van der Waals surface area contributed by atoms with E-state index in [0.717, 1.165) is 18.4 Å². The molecule has 1 unspecified atom stereocenters. The molecule has 0 saturated heterocycles. The van der Waals surface area contributed by atoms with Gasteiger partial charge in [-0.3, -0.25) is 14.8 Å². The molecule has 1 aliphatic heterocycles. The van der Waals surface area contributed by atoms with Crippen LogP contribution in [0.4, 0.5) is 0 Å². The molecule has 2 aliphatic carbocycles. The van der Waals surface area contributed by atoms with E-state index in [1.807, 2.05) is 18.5 Å². The fraction of sp³-hybridized carbons (Fsp3) is 0.640. The van der Waals surface area contributed by atoms with Crippen molar-refractivity contribution in [2.75, 3.05) is 0 Å². The highest BCUT2D eigenvalue weighted by Gasteiger charge is 2.34. The smallest absolute Gasteiger partial charge is 0.133 e. The van der Waals surface area contributed by atoms with Gasteiger partial charge in [-0.15, -0.1) is 0 Å². The maximum Gasteiger partial charge on any atom is 0.133 e. The monoisotopic (exact) mass is 378 g/mol. The van der Waals surface area contributed by atoms with E-state index in [4.69, 9.17) is 4.99 Å². The highest BCUT2D eigenvalue weighted by molar-refractivity contribution is 6.05. The van der Waals surface area contributed by atoms with Crippen LogP contribution in [0.3, 0.4) is 0 Å². The predicted octanol–water partition coefficient (Wildman–Crippen LogP) is 6.28. The van der Waals surface area contributed by atoms with E-state index in [9.17, 15) is 4.79 Å². The second-order valence-electron chi connectivity index (χ2n) is 9.08. The van der Waals surface area contributed by atoms with Crippen molar-refractivity contribution in [1.29, 1.82) is 0 Å². The Morgan fingerprint density at radius 2 is 1.75 bits per heavy atom. The normalized spacial score (nSPS) is 24.1. The molecule has 4 rings (SSSR count). The van der Waals surface area contributed by atoms with Crippen LogP contribution in [0.15, 0.2) is 41.3 Å². The molecule has 2 heterocycles. The van der Waals surface area contributed by atoms with Crippen molar-refractivity contribution in [3.8, 4) is 0 Å². The Balaban J connectivity index is 1.40. The standard InChI is InChI=1S/C25H34N2O/c28-23(16-19-8-3-1-4-9-19)14-13-21-18-27-25(22-12-7-15-26-17-22)24(21)20-10-5-2-6-11-20/h7,12,15,17-20,24H,1-6,8-11,13-14,16H2. The quantitative estimate of drug-likeness (QED) is 0.560. The fourth-order valence-corrected chi connectivity index (χ4v) is 5.57. The average Bonchev–Trinajstić information content (AvgIpc) is 3.18. The zero-order chi connectivity index (χ0) is 19.2. The van der Waals surface area contributed by atoms with Crippen molar-refractivity contribution in [2.24, 2.45) is 22.7 Å². The van der Waals surface area contributed by atoms with Gasteiger partial charge in [-0.05, 0) is 42.7 Å². The second kappa shape index (κ2) is 9.62. The van der Waals surface area contributed by atoms with Crippen LogP contribution in [0.25, 0.3) is 0 Å². The van der Waals surface area contributed by atoms with Gasteiger partial charge in [-0.1, -0.05) is 57.4 Å². The molecule has 0 bridgehead atoms. The van der Waals surface area contributed by atoms with E-state index >= 15 is 0 Å². The molecule has 0 aromatic carbocycles. The molecule has 150 valence electrons. The van der Waals surface area contributed by atoms with Crippen LogP contribution >= 0.6 is 0 Å². The van der Waals surface area contributed by atoms with Crippen LogP contribution in [0.2, 0.25) is 0 Å². The van der Waals surface area contributed by atoms with Crippen LogP contribution in [0.5, 0.6) is 0 Å². The summed E-state index contributed by atoms with van der Waals surface area (Å²) < 4.78 is 0. The fourth-order valence-electron chi connectivity index (χ4n) is 5.57. The summed E-state index contributed by atoms with van der Waals surface area (Å²) in [5.41, 5.74) is 3.73. The van der Waals surface area contributed by atoms with Crippen molar-refractivity contribution >= 4 is 11.5 Å². The number of aromatic nitrogens is 1. The molecule has 0 amide bonds. The Labute approximate surface area is 169 Å². The molecule has 0 N–H and O–H groups in total. The Hall–Kier alpha value is -1.77. The van der Waals surface area contributed by atoms with Crippen LogP contribution < -0.4 is 0 Å². The van der Waals surface area contributed by atoms with Crippen LogP contribution in [-0.2, 0) is 4.79 Å². The van der Waals surface area contributed by atoms with E-state index in [1.54, 1.807) is 0 Å². The van der Waals surface area contributed by atoms with Crippen molar-refractivity contribution in [1.82, 2.24) is 4.98 Å². The highest BCUT2D eigenvalue weighted by atomic mass is 16.1. The summed E-state index contributed by atoms with van der Waals surface area (Å²) in [4.78, 5) is 21.8. The topological polar surface area (TPSA) is 42.3 Å². The Bertz CT molecular complexity index is 709. The number of allylic oxidation sites excluding steroid dienone is 1. The molecular weight excluding hydrogens is 344 g/mol. The predicted molar refractivity (Wildman–Crippen MR) is 114 cm³/mol. The number of ketones is 1. The molecule has 3 heteroatoms. The lowest BCUT2D eigenvalue weighted by atomic mass is 9.73. The molecule has 0 spiro atoms. The molecule has 0 radical (unpaired) electrons. The molecule has 28 heavy (non-hydrogen) atoms. The number of aliphatic imine (C=N–C) groups is 1. The molecule has 2 saturated carbocycles. The van der Waals surface area contributed by atoms with Crippen LogP contribution in [0, 0.1) is 17.8 Å². The summed E-state index contributed by atoms with van der Waals surface area (Å²) in [6.07, 6.45) is 21.3. The first kappa shape index (κ1) is 19.5. The van der Waals surface area contributed by atoms with Crippen LogP contribution in [-0.4, -0.2) is 16.5 Å². The number of Topliss-reactive ketones (excluding diaryl/α,β-unsaturated/α-hetero) is 1. The maximum atomic E-state index is 12.6. The first-order valence-electron chi connectivity index (χ1n) is 11.5. The number of nitrogens with zero attached hydrogens (tertiary/aromatic N) is 2. The lowest BCUT2D eigenvalue weighted by molar-refractivity contribution is -0.120. The average molecular weight is 379 g/mol. The lowest BCUT2D eigenvalue weighted by Gasteiger charge is -2.30. The van der Waals surface area contributed by atoms with Crippen molar-refractivity contribution in [3.63, 3.8) is 0 Å². The number of carbonyl (C=O) groups excluding carboxylic acids is 1. The summed E-state index contributed by atoms with van der Waals surface area (Å²) in [7, 11) is 0. The SMILES string of the molecule is O=C(CCC1=CN=C(c2cccnc2)C1C1CCCCC1)CC1CCCCC1. The van der Waals surface area contributed by atoms with Gasteiger partial charge in [-0.25, -0.2) is 0 Å². The van der Waals surface area contributed by atoms with E-state index in [0.29, 0.717) is 30.0 Å².